The number of carbonyl (C=O) groups excluding carboxylic acids is 2. The Balaban J connectivity index is 0.000000500. The molecule has 1 heterocycles. The van der Waals surface area contributed by atoms with Crippen LogP contribution in [0.5, 0.6) is 0 Å². The van der Waals surface area contributed by atoms with Crippen molar-refractivity contribution in [2.45, 2.75) is 78.2 Å². The van der Waals surface area contributed by atoms with Crippen LogP contribution in [0.3, 0.4) is 0 Å². The van der Waals surface area contributed by atoms with Gasteiger partial charge in [-0.15, -0.1) is 0 Å². The van der Waals surface area contributed by atoms with E-state index in [9.17, 15) is 14.0 Å². The number of alkyl carbamates (subject to hydrolysis) is 1. The van der Waals surface area contributed by atoms with Crippen molar-refractivity contribution < 1.29 is 32.9 Å². The van der Waals surface area contributed by atoms with Gasteiger partial charge in [-0.3, -0.25) is 0 Å². The number of benzene rings is 1. The third-order valence-electron chi connectivity index (χ3n) is 4.04. The SMILES string of the molecule is CCCOC1COC[C@H](NC(=O)OC(C)(C)C)C(=O)OC(C)C1.Cc1ccc(F)cc1. The van der Waals surface area contributed by atoms with Gasteiger partial charge in [-0.1, -0.05) is 24.6 Å². The maximum atomic E-state index is 12.1. The highest BCUT2D eigenvalue weighted by molar-refractivity contribution is 5.81. The highest BCUT2D eigenvalue weighted by atomic mass is 19.1. The standard InChI is InChI=1S/C16H29NO6.C7H7F/c1-6-7-21-12-8-11(2)22-14(18)13(10-20-9-12)17-15(19)23-16(3,4)5;1-6-2-4-7(8)5-3-6/h11-13H,6-10H2,1-5H3,(H,17,19);2-5H,1H3/t11?,12?,13-;/m0./s1. The number of nitrogens with one attached hydrogen (secondary N) is 1. The second kappa shape index (κ2) is 13.3. The van der Waals surface area contributed by atoms with Crippen molar-refractivity contribution in [2.75, 3.05) is 19.8 Å². The summed E-state index contributed by atoms with van der Waals surface area (Å²) < 4.78 is 33.8. The van der Waals surface area contributed by atoms with E-state index in [-0.39, 0.29) is 24.6 Å². The summed E-state index contributed by atoms with van der Waals surface area (Å²) in [6, 6.07) is 5.51. The number of carbonyl (C=O) groups is 2. The minimum Gasteiger partial charge on any atom is -0.461 e. The Morgan fingerprint density at radius 1 is 1.23 bits per heavy atom. The molecule has 1 aromatic carbocycles. The van der Waals surface area contributed by atoms with Crippen molar-refractivity contribution in [2.24, 2.45) is 0 Å². The molecule has 0 spiro atoms. The zero-order chi connectivity index (χ0) is 23.4. The van der Waals surface area contributed by atoms with Gasteiger partial charge in [-0.25, -0.2) is 14.0 Å². The second-order valence-electron chi connectivity index (χ2n) is 8.51. The first kappa shape index (κ1) is 26.8. The zero-order valence-electron chi connectivity index (χ0n) is 19.4. The molecule has 1 fully saturated rings. The largest absolute Gasteiger partial charge is 0.461 e. The molecule has 2 unspecified atom stereocenters. The summed E-state index contributed by atoms with van der Waals surface area (Å²) >= 11 is 0. The lowest BCUT2D eigenvalue weighted by atomic mass is 10.2. The quantitative estimate of drug-likeness (QED) is 0.707. The average Bonchev–Trinajstić information content (AvgIpc) is 2.71. The fourth-order valence-corrected chi connectivity index (χ4v) is 2.64. The molecule has 1 aliphatic rings. The molecule has 1 amide bonds. The molecule has 0 saturated carbocycles. The second-order valence-corrected chi connectivity index (χ2v) is 8.51. The first-order chi connectivity index (χ1) is 14.5. The molecular weight excluding hydrogens is 405 g/mol. The van der Waals surface area contributed by atoms with Crippen molar-refractivity contribution in [3.63, 3.8) is 0 Å². The van der Waals surface area contributed by atoms with Crippen LogP contribution in [0, 0.1) is 12.7 Å². The zero-order valence-corrected chi connectivity index (χ0v) is 19.4. The van der Waals surface area contributed by atoms with Gasteiger partial charge in [0.1, 0.15) is 17.5 Å². The van der Waals surface area contributed by atoms with Gasteiger partial charge in [0.05, 0.1) is 19.3 Å². The van der Waals surface area contributed by atoms with Crippen LogP contribution < -0.4 is 5.32 Å². The lowest BCUT2D eigenvalue weighted by Crippen LogP contribution is -2.47. The van der Waals surface area contributed by atoms with Crippen molar-refractivity contribution in [1.82, 2.24) is 5.32 Å². The average molecular weight is 442 g/mol. The lowest BCUT2D eigenvalue weighted by molar-refractivity contribution is -0.152. The normalized spacial score (nSPS) is 22.0. The number of cyclic esters (lactones) is 1. The fourth-order valence-electron chi connectivity index (χ4n) is 2.64. The molecule has 3 atom stereocenters. The van der Waals surface area contributed by atoms with Crippen molar-refractivity contribution in [1.29, 1.82) is 0 Å². The van der Waals surface area contributed by atoms with Gasteiger partial charge in [0.15, 0.2) is 6.04 Å². The van der Waals surface area contributed by atoms with Crippen LogP contribution in [0.15, 0.2) is 24.3 Å². The first-order valence-electron chi connectivity index (χ1n) is 10.6. The van der Waals surface area contributed by atoms with E-state index >= 15 is 0 Å². The molecular formula is C23H36FNO6. The van der Waals surface area contributed by atoms with Gasteiger partial charge in [-0.05, 0) is 53.2 Å². The monoisotopic (exact) mass is 441 g/mol. The molecule has 7 nitrogen and oxygen atoms in total. The Kier molecular flexibility index (Phi) is 11.5. The van der Waals surface area contributed by atoms with Gasteiger partial charge in [0.2, 0.25) is 0 Å². The van der Waals surface area contributed by atoms with E-state index in [2.05, 4.69) is 5.32 Å². The summed E-state index contributed by atoms with van der Waals surface area (Å²) in [7, 11) is 0. The number of halogens is 1. The molecule has 0 aliphatic carbocycles. The number of esters is 1. The Bertz CT molecular complexity index is 653. The van der Waals surface area contributed by atoms with Crippen LogP contribution in [0.25, 0.3) is 0 Å². The van der Waals surface area contributed by atoms with Crippen LogP contribution in [0.1, 0.15) is 53.0 Å². The van der Waals surface area contributed by atoms with E-state index in [1.165, 1.54) is 12.1 Å². The van der Waals surface area contributed by atoms with Crippen LogP contribution in [0.2, 0.25) is 0 Å². The van der Waals surface area contributed by atoms with Crippen LogP contribution >= 0.6 is 0 Å². The number of amides is 1. The third kappa shape index (κ3) is 12.3. The summed E-state index contributed by atoms with van der Waals surface area (Å²) in [5.74, 6) is -0.699. The number of hydrogen-bond donors (Lipinski definition) is 1. The molecule has 0 bridgehead atoms. The van der Waals surface area contributed by atoms with Gasteiger partial charge in [0.25, 0.3) is 0 Å². The first-order valence-corrected chi connectivity index (χ1v) is 10.6. The number of rotatable bonds is 4. The van der Waals surface area contributed by atoms with Crippen molar-refractivity contribution >= 4 is 12.1 Å². The molecule has 8 heteroatoms. The smallest absolute Gasteiger partial charge is 0.408 e. The van der Waals surface area contributed by atoms with E-state index in [4.69, 9.17) is 18.9 Å². The number of hydrogen-bond acceptors (Lipinski definition) is 6. The molecule has 176 valence electrons. The number of aryl methyl sites for hydroxylation is 1. The van der Waals surface area contributed by atoms with Crippen LogP contribution in [-0.2, 0) is 23.7 Å². The minimum atomic E-state index is -0.891. The molecule has 1 N–H and O–H groups in total. The van der Waals surface area contributed by atoms with E-state index in [0.717, 1.165) is 12.0 Å². The molecule has 0 radical (unpaired) electrons. The highest BCUT2D eigenvalue weighted by Gasteiger charge is 2.29. The predicted octanol–water partition coefficient (Wildman–Crippen LogP) is 4.16. The topological polar surface area (TPSA) is 83.1 Å². The Morgan fingerprint density at radius 2 is 1.87 bits per heavy atom. The third-order valence-corrected chi connectivity index (χ3v) is 4.04. The number of ether oxygens (including phenoxy) is 4. The Morgan fingerprint density at radius 3 is 2.42 bits per heavy atom. The van der Waals surface area contributed by atoms with E-state index in [1.54, 1.807) is 39.8 Å². The molecule has 1 saturated heterocycles. The molecule has 0 aromatic heterocycles. The van der Waals surface area contributed by atoms with Crippen LogP contribution in [-0.4, -0.2) is 55.7 Å². The summed E-state index contributed by atoms with van der Waals surface area (Å²) in [6.07, 6.45) is 0.360. The van der Waals surface area contributed by atoms with Crippen LogP contribution in [0.4, 0.5) is 9.18 Å². The molecule has 31 heavy (non-hydrogen) atoms. The molecule has 1 aliphatic heterocycles. The lowest BCUT2D eigenvalue weighted by Gasteiger charge is -2.23. The van der Waals surface area contributed by atoms with Gasteiger partial charge in [-0.2, -0.15) is 0 Å². The molecule has 2 rings (SSSR count). The predicted molar refractivity (Wildman–Crippen MR) is 115 cm³/mol. The van der Waals surface area contributed by atoms with E-state index < -0.39 is 23.7 Å². The van der Waals surface area contributed by atoms with Crippen molar-refractivity contribution in [3.05, 3.63) is 35.6 Å². The highest BCUT2D eigenvalue weighted by Crippen LogP contribution is 2.13. The maximum absolute atomic E-state index is 12.1. The summed E-state index contributed by atoms with van der Waals surface area (Å²) in [6.45, 7) is 12.0. The summed E-state index contributed by atoms with van der Waals surface area (Å²) in [5.41, 5.74) is 0.450. The molecule has 1 aromatic rings. The van der Waals surface area contributed by atoms with Gasteiger partial charge >= 0.3 is 12.1 Å². The van der Waals surface area contributed by atoms with E-state index in [0.29, 0.717) is 19.6 Å². The summed E-state index contributed by atoms with van der Waals surface area (Å²) in [4.78, 5) is 24.0. The van der Waals surface area contributed by atoms with Gasteiger partial charge < -0.3 is 24.3 Å². The Hall–Kier alpha value is -2.19. The summed E-state index contributed by atoms with van der Waals surface area (Å²) in [5, 5.41) is 2.50. The minimum absolute atomic E-state index is 0.0246. The van der Waals surface area contributed by atoms with E-state index in [1.807, 2.05) is 13.8 Å². The van der Waals surface area contributed by atoms with Crippen molar-refractivity contribution in [3.8, 4) is 0 Å². The van der Waals surface area contributed by atoms with Gasteiger partial charge in [0, 0.05) is 13.0 Å². The fraction of sp³-hybridized carbons (Fsp3) is 0.652. The maximum Gasteiger partial charge on any atom is 0.408 e. The Labute approximate surface area is 184 Å².